The minimum Gasteiger partial charge on any atom is -0.452 e. The third-order valence-electron chi connectivity index (χ3n) is 4.04. The summed E-state index contributed by atoms with van der Waals surface area (Å²) < 4.78 is 31.9. The van der Waals surface area contributed by atoms with E-state index in [0.29, 0.717) is 5.56 Å². The van der Waals surface area contributed by atoms with Crippen molar-refractivity contribution in [2.45, 2.75) is 0 Å². The van der Waals surface area contributed by atoms with Gasteiger partial charge in [0.05, 0.1) is 5.69 Å². The number of halogens is 3. The van der Waals surface area contributed by atoms with Crippen LogP contribution in [0.1, 0.15) is 26.3 Å². The van der Waals surface area contributed by atoms with Crippen molar-refractivity contribution in [3.05, 3.63) is 100 Å². The highest BCUT2D eigenvalue weighted by atomic mass is 35.5. The van der Waals surface area contributed by atoms with E-state index < -0.39 is 35.7 Å². The molecule has 0 heterocycles. The van der Waals surface area contributed by atoms with Gasteiger partial charge in [-0.05, 0) is 30.3 Å². The molecule has 0 fully saturated rings. The summed E-state index contributed by atoms with van der Waals surface area (Å²) in [5.41, 5.74) is -0.228. The fourth-order valence-corrected chi connectivity index (χ4v) is 2.81. The highest BCUT2D eigenvalue weighted by Crippen LogP contribution is 2.24. The molecule has 0 aliphatic heterocycles. The first-order chi connectivity index (χ1) is 14.4. The van der Waals surface area contributed by atoms with Gasteiger partial charge in [-0.25, -0.2) is 13.6 Å². The lowest BCUT2D eigenvalue weighted by molar-refractivity contribution is -0.119. The molecule has 0 aromatic heterocycles. The maximum Gasteiger partial charge on any atom is 0.344 e. The third-order valence-corrected chi connectivity index (χ3v) is 4.27. The Morgan fingerprint density at radius 1 is 0.900 bits per heavy atom. The van der Waals surface area contributed by atoms with E-state index in [4.69, 9.17) is 16.3 Å². The monoisotopic (exact) mass is 429 g/mol. The molecule has 152 valence electrons. The molecule has 3 aromatic carbocycles. The normalized spacial score (nSPS) is 10.4. The molecule has 0 bridgehead atoms. The number of esters is 1. The molecular formula is C22H14ClF2NO4. The number of anilines is 1. The minimum atomic E-state index is -1.32. The number of carbonyl (C=O) groups excluding carboxylic acids is 3. The Balaban J connectivity index is 1.73. The van der Waals surface area contributed by atoms with Crippen LogP contribution in [0.15, 0.2) is 66.7 Å². The maximum absolute atomic E-state index is 13.6. The summed E-state index contributed by atoms with van der Waals surface area (Å²) in [5, 5.41) is 2.73. The Bertz CT molecular complexity index is 1100. The molecule has 5 nitrogen and oxygen atoms in total. The van der Waals surface area contributed by atoms with Crippen molar-refractivity contribution in [1.82, 2.24) is 0 Å². The zero-order chi connectivity index (χ0) is 21.7. The van der Waals surface area contributed by atoms with E-state index in [9.17, 15) is 23.2 Å². The smallest absolute Gasteiger partial charge is 0.344 e. The number of hydrogen-bond acceptors (Lipinski definition) is 4. The molecule has 1 N–H and O–H groups in total. The SMILES string of the molecule is O=C(COC(=O)c1c(F)cccc1F)Nc1ccc(Cl)cc1C(=O)c1ccccc1. The molecule has 8 heteroatoms. The van der Waals surface area contributed by atoms with Crippen LogP contribution in [-0.4, -0.2) is 24.3 Å². The lowest BCUT2D eigenvalue weighted by Crippen LogP contribution is -2.23. The molecule has 3 rings (SSSR count). The van der Waals surface area contributed by atoms with Gasteiger partial charge < -0.3 is 10.1 Å². The summed E-state index contributed by atoms with van der Waals surface area (Å²) in [7, 11) is 0. The van der Waals surface area contributed by atoms with Crippen LogP contribution in [0.25, 0.3) is 0 Å². The maximum atomic E-state index is 13.6. The molecular weight excluding hydrogens is 416 g/mol. The number of hydrogen-bond donors (Lipinski definition) is 1. The summed E-state index contributed by atoms with van der Waals surface area (Å²) in [6.07, 6.45) is 0. The predicted molar refractivity (Wildman–Crippen MR) is 107 cm³/mol. The molecule has 0 aliphatic carbocycles. The molecule has 0 radical (unpaired) electrons. The van der Waals surface area contributed by atoms with Crippen molar-refractivity contribution in [1.29, 1.82) is 0 Å². The van der Waals surface area contributed by atoms with Gasteiger partial charge in [-0.2, -0.15) is 0 Å². The largest absolute Gasteiger partial charge is 0.452 e. The molecule has 0 aliphatic rings. The van der Waals surface area contributed by atoms with E-state index in [0.717, 1.165) is 18.2 Å². The molecule has 3 aromatic rings. The zero-order valence-corrected chi connectivity index (χ0v) is 16.1. The highest BCUT2D eigenvalue weighted by molar-refractivity contribution is 6.31. The fraction of sp³-hybridized carbons (Fsp3) is 0.0455. The topological polar surface area (TPSA) is 72.5 Å². The van der Waals surface area contributed by atoms with Crippen LogP contribution >= 0.6 is 11.6 Å². The van der Waals surface area contributed by atoms with Crippen LogP contribution in [0.3, 0.4) is 0 Å². The second-order valence-corrected chi connectivity index (χ2v) is 6.54. The first-order valence-corrected chi connectivity index (χ1v) is 9.05. The zero-order valence-electron chi connectivity index (χ0n) is 15.3. The standard InChI is InChI=1S/C22H14ClF2NO4/c23-14-9-10-18(15(11-14)21(28)13-5-2-1-3-6-13)26-19(27)12-30-22(29)20-16(24)7-4-8-17(20)25/h1-11H,12H2,(H,26,27). The quantitative estimate of drug-likeness (QED) is 0.457. The number of benzene rings is 3. The van der Waals surface area contributed by atoms with Crippen LogP contribution in [0.5, 0.6) is 0 Å². The molecule has 0 saturated heterocycles. The number of rotatable bonds is 6. The first kappa shape index (κ1) is 21.1. The van der Waals surface area contributed by atoms with Gasteiger partial charge in [0.2, 0.25) is 0 Å². The second kappa shape index (κ2) is 9.28. The van der Waals surface area contributed by atoms with Gasteiger partial charge in [0.15, 0.2) is 12.4 Å². The average molecular weight is 430 g/mol. The molecule has 30 heavy (non-hydrogen) atoms. The molecule has 0 atom stereocenters. The van der Waals surface area contributed by atoms with Crippen LogP contribution in [0, 0.1) is 11.6 Å². The summed E-state index contributed by atoms with van der Waals surface area (Å²) in [6.45, 7) is -0.811. The Morgan fingerprint density at radius 3 is 2.23 bits per heavy atom. The first-order valence-electron chi connectivity index (χ1n) is 8.67. The Morgan fingerprint density at radius 2 is 1.57 bits per heavy atom. The van der Waals surface area contributed by atoms with Gasteiger partial charge >= 0.3 is 5.97 Å². The molecule has 1 amide bonds. The second-order valence-electron chi connectivity index (χ2n) is 6.11. The fourth-order valence-electron chi connectivity index (χ4n) is 2.64. The van der Waals surface area contributed by atoms with Crippen LogP contribution in [-0.2, 0) is 9.53 Å². The molecule has 0 saturated carbocycles. The Kier molecular flexibility index (Phi) is 6.54. The average Bonchev–Trinajstić information content (AvgIpc) is 2.73. The van der Waals surface area contributed by atoms with Crippen LogP contribution in [0.2, 0.25) is 5.02 Å². The predicted octanol–water partition coefficient (Wildman–Crippen LogP) is 4.64. The lowest BCUT2D eigenvalue weighted by atomic mass is 10.0. The van der Waals surface area contributed by atoms with Crippen molar-refractivity contribution >= 4 is 34.9 Å². The summed E-state index contributed by atoms with van der Waals surface area (Å²) in [4.78, 5) is 36.8. The van der Waals surface area contributed by atoms with Crippen molar-refractivity contribution in [3.63, 3.8) is 0 Å². The third kappa shape index (κ3) is 4.87. The van der Waals surface area contributed by atoms with E-state index in [2.05, 4.69) is 5.32 Å². The molecule has 0 unspecified atom stereocenters. The van der Waals surface area contributed by atoms with Gasteiger partial charge in [0.25, 0.3) is 5.91 Å². The number of carbonyl (C=O) groups is 3. The van der Waals surface area contributed by atoms with Gasteiger partial charge in [0, 0.05) is 16.1 Å². The van der Waals surface area contributed by atoms with Gasteiger partial charge in [-0.3, -0.25) is 9.59 Å². The van der Waals surface area contributed by atoms with Crippen molar-refractivity contribution in [2.75, 3.05) is 11.9 Å². The summed E-state index contributed by atoms with van der Waals surface area (Å²) in [6, 6.07) is 15.5. The van der Waals surface area contributed by atoms with Crippen molar-refractivity contribution in [3.8, 4) is 0 Å². The van der Waals surface area contributed by atoms with Crippen molar-refractivity contribution < 1.29 is 27.9 Å². The van der Waals surface area contributed by atoms with Crippen LogP contribution in [0.4, 0.5) is 14.5 Å². The van der Waals surface area contributed by atoms with Gasteiger partial charge in [-0.1, -0.05) is 48.0 Å². The van der Waals surface area contributed by atoms with E-state index in [1.54, 1.807) is 30.3 Å². The van der Waals surface area contributed by atoms with E-state index >= 15 is 0 Å². The Hall–Kier alpha value is -3.58. The van der Waals surface area contributed by atoms with Gasteiger partial charge in [-0.15, -0.1) is 0 Å². The lowest BCUT2D eigenvalue weighted by Gasteiger charge is -2.12. The molecule has 0 spiro atoms. The van der Waals surface area contributed by atoms with E-state index in [1.807, 2.05) is 0 Å². The Labute approximate surface area is 175 Å². The van der Waals surface area contributed by atoms with Gasteiger partial charge in [0.1, 0.15) is 17.2 Å². The van der Waals surface area contributed by atoms with Crippen LogP contribution < -0.4 is 5.32 Å². The summed E-state index contributed by atoms with van der Waals surface area (Å²) in [5.74, 6) is -4.71. The number of ether oxygens (including phenoxy) is 1. The number of amides is 1. The number of nitrogens with one attached hydrogen (secondary N) is 1. The van der Waals surface area contributed by atoms with Crippen molar-refractivity contribution in [2.24, 2.45) is 0 Å². The van der Waals surface area contributed by atoms with E-state index in [-0.39, 0.29) is 22.1 Å². The minimum absolute atomic E-state index is 0.133. The number of ketones is 1. The summed E-state index contributed by atoms with van der Waals surface area (Å²) >= 11 is 5.98. The van der Waals surface area contributed by atoms with E-state index in [1.165, 1.54) is 18.2 Å². The highest BCUT2D eigenvalue weighted by Gasteiger charge is 2.20.